The zero-order chi connectivity index (χ0) is 13.1. The summed E-state index contributed by atoms with van der Waals surface area (Å²) in [5, 5.41) is 8.38. The maximum absolute atomic E-state index is 13.2. The smallest absolute Gasteiger partial charge is 0.293 e. The lowest BCUT2D eigenvalue weighted by Crippen LogP contribution is -2.14. The average Bonchev–Trinajstić information content (AvgIpc) is 2.78. The first-order valence-electron chi connectivity index (χ1n) is 4.93. The van der Waals surface area contributed by atoms with Gasteiger partial charge in [0.15, 0.2) is 11.6 Å². The van der Waals surface area contributed by atoms with Gasteiger partial charge in [-0.3, -0.25) is 9.89 Å². The Kier molecular flexibility index (Phi) is 3.09. The molecule has 0 bridgehead atoms. The number of aromatic nitrogens is 3. The highest BCUT2D eigenvalue weighted by atomic mass is 19.1. The van der Waals surface area contributed by atoms with Crippen LogP contribution in [0.15, 0.2) is 18.2 Å². The molecule has 0 saturated heterocycles. The molecule has 0 aliphatic heterocycles. The van der Waals surface area contributed by atoms with E-state index >= 15 is 0 Å². The van der Waals surface area contributed by atoms with Crippen LogP contribution in [0.1, 0.15) is 10.6 Å². The summed E-state index contributed by atoms with van der Waals surface area (Å²) in [5.41, 5.74) is 5.64. The minimum atomic E-state index is -0.534. The number of H-pyrrole nitrogens is 1. The van der Waals surface area contributed by atoms with Gasteiger partial charge in [0, 0.05) is 11.8 Å². The van der Waals surface area contributed by atoms with Crippen molar-refractivity contribution in [3.63, 3.8) is 0 Å². The van der Waals surface area contributed by atoms with Gasteiger partial charge < -0.3 is 15.8 Å². The summed E-state index contributed by atoms with van der Waals surface area (Å²) in [5.74, 6) is -1.08. The Morgan fingerprint density at radius 2 is 2.33 bits per heavy atom. The van der Waals surface area contributed by atoms with Crippen LogP contribution >= 0.6 is 0 Å². The summed E-state index contributed by atoms with van der Waals surface area (Å²) in [4.78, 5) is 15.3. The summed E-state index contributed by atoms with van der Waals surface area (Å²) in [7, 11) is 1.33. The van der Waals surface area contributed by atoms with E-state index in [1.54, 1.807) is 0 Å². The van der Waals surface area contributed by atoms with E-state index in [-0.39, 0.29) is 17.5 Å². The van der Waals surface area contributed by atoms with Crippen LogP contribution < -0.4 is 15.8 Å². The minimum absolute atomic E-state index is 0.0307. The van der Waals surface area contributed by atoms with Crippen LogP contribution in [0.5, 0.6) is 5.75 Å². The highest BCUT2D eigenvalue weighted by Gasteiger charge is 2.12. The zero-order valence-corrected chi connectivity index (χ0v) is 9.40. The zero-order valence-electron chi connectivity index (χ0n) is 9.40. The molecule has 1 aromatic carbocycles. The fourth-order valence-corrected chi connectivity index (χ4v) is 1.30. The van der Waals surface area contributed by atoms with Gasteiger partial charge in [0.25, 0.3) is 5.91 Å². The van der Waals surface area contributed by atoms with Crippen LogP contribution in [0.25, 0.3) is 0 Å². The number of rotatable bonds is 3. The second-order valence-electron chi connectivity index (χ2n) is 3.35. The van der Waals surface area contributed by atoms with Gasteiger partial charge >= 0.3 is 0 Å². The predicted molar refractivity (Wildman–Crippen MR) is 61.7 cm³/mol. The normalized spacial score (nSPS) is 10.1. The molecule has 0 aliphatic carbocycles. The lowest BCUT2D eigenvalue weighted by atomic mass is 10.3. The number of nitrogens with one attached hydrogen (secondary N) is 2. The third-order valence-electron chi connectivity index (χ3n) is 2.13. The van der Waals surface area contributed by atoms with Gasteiger partial charge in [-0.25, -0.2) is 4.39 Å². The van der Waals surface area contributed by atoms with Crippen LogP contribution in [0.2, 0.25) is 0 Å². The van der Waals surface area contributed by atoms with Crippen LogP contribution in [0.3, 0.4) is 0 Å². The van der Waals surface area contributed by atoms with Crippen molar-refractivity contribution in [3.05, 3.63) is 29.8 Å². The highest BCUT2D eigenvalue weighted by molar-refractivity contribution is 6.01. The molecule has 0 unspecified atom stereocenters. The number of halogens is 1. The predicted octanol–water partition coefficient (Wildman–Crippen LogP) is 0.787. The Hall–Kier alpha value is -2.64. The Labute approximate surface area is 101 Å². The molecule has 1 aromatic heterocycles. The monoisotopic (exact) mass is 251 g/mol. The molecular formula is C10H10FN5O2. The van der Waals surface area contributed by atoms with E-state index < -0.39 is 11.7 Å². The van der Waals surface area contributed by atoms with E-state index in [1.807, 2.05) is 0 Å². The Bertz CT molecular complexity index is 583. The van der Waals surface area contributed by atoms with Crippen LogP contribution in [-0.4, -0.2) is 28.2 Å². The molecule has 0 fully saturated rings. The molecule has 8 heteroatoms. The number of aromatic amines is 1. The van der Waals surface area contributed by atoms with Crippen molar-refractivity contribution in [2.75, 3.05) is 18.2 Å². The fourth-order valence-electron chi connectivity index (χ4n) is 1.30. The Balaban J connectivity index is 2.16. The van der Waals surface area contributed by atoms with Gasteiger partial charge in [0.1, 0.15) is 0 Å². The largest absolute Gasteiger partial charge is 0.494 e. The fraction of sp³-hybridized carbons (Fsp3) is 0.100. The van der Waals surface area contributed by atoms with Crippen LogP contribution in [0.4, 0.5) is 16.0 Å². The van der Waals surface area contributed by atoms with E-state index in [4.69, 9.17) is 10.5 Å². The molecule has 4 N–H and O–H groups in total. The number of ether oxygens (including phenoxy) is 1. The van der Waals surface area contributed by atoms with E-state index in [0.717, 1.165) is 0 Å². The second kappa shape index (κ2) is 4.70. The quantitative estimate of drug-likeness (QED) is 0.747. The summed E-state index contributed by atoms with van der Waals surface area (Å²) in [6, 6.07) is 3.94. The van der Waals surface area contributed by atoms with Gasteiger partial charge in [-0.15, -0.1) is 5.10 Å². The van der Waals surface area contributed by atoms with Crippen molar-refractivity contribution in [2.24, 2.45) is 0 Å². The number of nitrogen functional groups attached to an aromatic ring is 1. The Morgan fingerprint density at radius 1 is 1.56 bits per heavy atom. The molecule has 1 amide bonds. The standard InChI is InChI=1S/C10H10FN5O2/c1-18-7-4-5(2-3-6(7)11)13-9(17)8-14-10(12)16-15-8/h2-4H,1H3,(H,13,17)(H3,12,14,15,16). The lowest BCUT2D eigenvalue weighted by molar-refractivity contribution is 0.101. The third kappa shape index (κ3) is 2.37. The minimum Gasteiger partial charge on any atom is -0.494 e. The van der Waals surface area contributed by atoms with Gasteiger partial charge in [0.2, 0.25) is 11.8 Å². The second-order valence-corrected chi connectivity index (χ2v) is 3.35. The molecule has 1 heterocycles. The third-order valence-corrected chi connectivity index (χ3v) is 2.13. The van der Waals surface area contributed by atoms with Gasteiger partial charge in [0.05, 0.1) is 7.11 Å². The van der Waals surface area contributed by atoms with Crippen LogP contribution in [-0.2, 0) is 0 Å². The number of benzene rings is 1. The molecule has 0 aliphatic rings. The number of amides is 1. The first kappa shape index (κ1) is 11.8. The number of hydrogen-bond donors (Lipinski definition) is 3. The molecule has 0 spiro atoms. The van der Waals surface area contributed by atoms with E-state index in [9.17, 15) is 9.18 Å². The number of carbonyl (C=O) groups is 1. The number of carbonyl (C=O) groups excluding carboxylic acids is 1. The number of nitrogens with zero attached hydrogens (tertiary/aromatic N) is 2. The summed E-state index contributed by atoms with van der Waals surface area (Å²) < 4.78 is 17.9. The first-order valence-corrected chi connectivity index (χ1v) is 4.93. The van der Waals surface area contributed by atoms with Crippen LogP contribution in [0, 0.1) is 5.82 Å². The summed E-state index contributed by atoms with van der Waals surface area (Å²) in [6.07, 6.45) is 0. The van der Waals surface area contributed by atoms with E-state index in [2.05, 4.69) is 20.5 Å². The molecule has 18 heavy (non-hydrogen) atoms. The molecule has 2 aromatic rings. The summed E-state index contributed by atoms with van der Waals surface area (Å²) in [6.45, 7) is 0. The molecule has 7 nitrogen and oxygen atoms in total. The topological polar surface area (TPSA) is 106 Å². The molecule has 94 valence electrons. The van der Waals surface area contributed by atoms with Crippen molar-refractivity contribution in [3.8, 4) is 5.75 Å². The molecule has 0 saturated carbocycles. The summed E-state index contributed by atoms with van der Waals surface area (Å²) >= 11 is 0. The SMILES string of the molecule is COc1cc(NC(=O)c2nc(N)n[nH]2)ccc1F. The van der Waals surface area contributed by atoms with Gasteiger partial charge in [-0.2, -0.15) is 4.98 Å². The van der Waals surface area contributed by atoms with E-state index in [1.165, 1.54) is 25.3 Å². The molecule has 2 rings (SSSR count). The first-order chi connectivity index (χ1) is 8.60. The van der Waals surface area contributed by atoms with Crippen molar-refractivity contribution < 1.29 is 13.9 Å². The number of methoxy groups -OCH3 is 1. The maximum Gasteiger partial charge on any atom is 0.293 e. The Morgan fingerprint density at radius 3 is 2.94 bits per heavy atom. The molecular weight excluding hydrogens is 241 g/mol. The number of hydrogen-bond acceptors (Lipinski definition) is 5. The van der Waals surface area contributed by atoms with Crippen molar-refractivity contribution in [1.29, 1.82) is 0 Å². The lowest BCUT2D eigenvalue weighted by Gasteiger charge is -2.06. The molecule has 0 atom stereocenters. The van der Waals surface area contributed by atoms with Gasteiger partial charge in [-0.05, 0) is 12.1 Å². The van der Waals surface area contributed by atoms with Crippen molar-refractivity contribution in [2.45, 2.75) is 0 Å². The average molecular weight is 251 g/mol. The van der Waals surface area contributed by atoms with Gasteiger partial charge in [-0.1, -0.05) is 0 Å². The number of nitrogens with two attached hydrogens (primary N) is 1. The van der Waals surface area contributed by atoms with E-state index in [0.29, 0.717) is 5.69 Å². The molecule has 0 radical (unpaired) electrons. The maximum atomic E-state index is 13.2. The van der Waals surface area contributed by atoms with Crippen molar-refractivity contribution >= 4 is 17.5 Å². The van der Waals surface area contributed by atoms with Crippen molar-refractivity contribution in [1.82, 2.24) is 15.2 Å². The number of anilines is 2. The highest BCUT2D eigenvalue weighted by Crippen LogP contribution is 2.21.